The highest BCUT2D eigenvalue weighted by Gasteiger charge is 2.55. The number of ether oxygens (including phenoxy) is 3. The number of imidazole rings is 1. The molecule has 0 bridgehead atoms. The third kappa shape index (κ3) is 2.86. The minimum Gasteiger partial charge on any atom is -0.382 e. The maximum atomic E-state index is 6.27. The van der Waals surface area contributed by atoms with E-state index >= 15 is 0 Å². The molecular formula is C16H24N6O3. The van der Waals surface area contributed by atoms with Crippen molar-refractivity contribution >= 4 is 17.0 Å². The van der Waals surface area contributed by atoms with E-state index in [0.717, 1.165) is 0 Å². The van der Waals surface area contributed by atoms with E-state index in [2.05, 4.69) is 34.1 Å². The van der Waals surface area contributed by atoms with Gasteiger partial charge in [0.05, 0.1) is 6.33 Å². The molecule has 0 unspecified atom stereocenters. The Bertz CT molecular complexity index is 776. The van der Waals surface area contributed by atoms with Crippen molar-refractivity contribution in [2.45, 2.75) is 64.1 Å². The molecule has 4 rings (SSSR count). The van der Waals surface area contributed by atoms with Gasteiger partial charge in [0, 0.05) is 12.6 Å². The summed E-state index contributed by atoms with van der Waals surface area (Å²) in [6, 6.07) is 0.359. The Labute approximate surface area is 145 Å². The first-order valence-corrected chi connectivity index (χ1v) is 8.53. The maximum absolute atomic E-state index is 6.27. The monoisotopic (exact) mass is 348 g/mol. The molecule has 4 heterocycles. The smallest absolute Gasteiger partial charge is 0.167 e. The zero-order valence-electron chi connectivity index (χ0n) is 14.8. The normalized spacial score (nSPS) is 31.1. The quantitative estimate of drug-likeness (QED) is 0.836. The number of nitrogens with one attached hydrogen (secondary N) is 1. The second-order valence-corrected chi connectivity index (χ2v) is 7.28. The van der Waals surface area contributed by atoms with Gasteiger partial charge < -0.3 is 25.3 Å². The molecule has 0 saturated carbocycles. The number of aromatic nitrogens is 4. The molecule has 2 saturated heterocycles. The molecule has 0 spiro atoms. The molecule has 0 amide bonds. The van der Waals surface area contributed by atoms with Crippen LogP contribution in [0.2, 0.25) is 0 Å². The minimum absolute atomic E-state index is 0.129. The average molecular weight is 348 g/mol. The fraction of sp³-hybridized carbons (Fsp3) is 0.688. The summed E-state index contributed by atoms with van der Waals surface area (Å²) < 4.78 is 20.4. The van der Waals surface area contributed by atoms with E-state index in [1.54, 1.807) is 6.33 Å². The van der Waals surface area contributed by atoms with Crippen LogP contribution in [-0.2, 0) is 14.2 Å². The molecule has 3 N–H and O–H groups in total. The van der Waals surface area contributed by atoms with Crippen molar-refractivity contribution in [3.63, 3.8) is 0 Å². The first-order chi connectivity index (χ1) is 11.9. The number of hydrogen-bond acceptors (Lipinski definition) is 8. The second kappa shape index (κ2) is 5.87. The Kier molecular flexibility index (Phi) is 3.91. The summed E-state index contributed by atoms with van der Waals surface area (Å²) in [4.78, 5) is 12.6. The molecule has 0 radical (unpaired) electrons. The highest BCUT2D eigenvalue weighted by atomic mass is 16.8. The highest BCUT2D eigenvalue weighted by Crippen LogP contribution is 2.43. The lowest BCUT2D eigenvalue weighted by Gasteiger charge is -2.25. The molecule has 136 valence electrons. The van der Waals surface area contributed by atoms with Gasteiger partial charge in [0.2, 0.25) is 0 Å². The molecule has 25 heavy (non-hydrogen) atoms. The predicted octanol–water partition coefficient (Wildman–Crippen LogP) is 0.824. The van der Waals surface area contributed by atoms with Crippen LogP contribution in [0.25, 0.3) is 11.2 Å². The van der Waals surface area contributed by atoms with E-state index < -0.39 is 5.79 Å². The zero-order valence-corrected chi connectivity index (χ0v) is 14.8. The summed E-state index contributed by atoms with van der Waals surface area (Å²) in [6.07, 6.45) is 2.17. The largest absolute Gasteiger partial charge is 0.382 e. The summed E-state index contributed by atoms with van der Waals surface area (Å²) >= 11 is 0. The molecule has 2 aliphatic rings. The summed E-state index contributed by atoms with van der Waals surface area (Å²) in [5.74, 6) is -0.307. The molecule has 0 aliphatic carbocycles. The van der Waals surface area contributed by atoms with Gasteiger partial charge in [-0.05, 0) is 13.8 Å². The average Bonchev–Trinajstić information content (AvgIpc) is 3.17. The summed E-state index contributed by atoms with van der Waals surface area (Å²) in [5.41, 5.74) is 7.08. The topological polar surface area (TPSA) is 109 Å². The lowest BCUT2D eigenvalue weighted by atomic mass is 10.1. The molecule has 0 aromatic carbocycles. The van der Waals surface area contributed by atoms with Gasteiger partial charge in [-0.1, -0.05) is 13.8 Å². The van der Waals surface area contributed by atoms with Crippen LogP contribution in [0.5, 0.6) is 0 Å². The second-order valence-electron chi connectivity index (χ2n) is 7.28. The van der Waals surface area contributed by atoms with Crippen LogP contribution in [0, 0.1) is 0 Å². The van der Waals surface area contributed by atoms with E-state index in [-0.39, 0.29) is 24.5 Å². The first kappa shape index (κ1) is 16.6. The van der Waals surface area contributed by atoms with Crippen LogP contribution < -0.4 is 11.1 Å². The number of nitrogen functional groups attached to an aromatic ring is 1. The first-order valence-electron chi connectivity index (χ1n) is 8.53. The van der Waals surface area contributed by atoms with Gasteiger partial charge >= 0.3 is 0 Å². The number of nitrogens with zero attached hydrogens (tertiary/aromatic N) is 4. The molecule has 9 nitrogen and oxygen atoms in total. The van der Waals surface area contributed by atoms with Crippen molar-refractivity contribution in [3.05, 3.63) is 12.7 Å². The van der Waals surface area contributed by atoms with Crippen molar-refractivity contribution in [1.29, 1.82) is 0 Å². The molecule has 2 aromatic heterocycles. The van der Waals surface area contributed by atoms with Gasteiger partial charge in [0.15, 0.2) is 23.5 Å². The predicted molar refractivity (Wildman–Crippen MR) is 90.6 cm³/mol. The number of anilines is 1. The van der Waals surface area contributed by atoms with Crippen molar-refractivity contribution in [3.8, 4) is 0 Å². The molecule has 4 atom stereocenters. The minimum atomic E-state index is -0.655. The Morgan fingerprint density at radius 1 is 1.24 bits per heavy atom. The summed E-state index contributed by atoms with van der Waals surface area (Å²) in [5, 5.41) is 3.41. The van der Waals surface area contributed by atoms with E-state index in [1.165, 1.54) is 6.33 Å². The lowest BCUT2D eigenvalue weighted by Crippen LogP contribution is -2.39. The van der Waals surface area contributed by atoms with Crippen molar-refractivity contribution in [2.75, 3.05) is 12.3 Å². The fourth-order valence-electron chi connectivity index (χ4n) is 3.46. The molecule has 9 heteroatoms. The lowest BCUT2D eigenvalue weighted by molar-refractivity contribution is -0.195. The molecule has 2 aliphatic heterocycles. The van der Waals surface area contributed by atoms with Crippen molar-refractivity contribution < 1.29 is 14.2 Å². The van der Waals surface area contributed by atoms with Gasteiger partial charge in [-0.3, -0.25) is 4.57 Å². The Balaban J connectivity index is 1.67. The molecule has 2 aromatic rings. The third-order valence-corrected chi connectivity index (χ3v) is 4.51. The number of rotatable bonds is 4. The number of fused-ring (bicyclic) bond motifs is 2. The van der Waals surface area contributed by atoms with Gasteiger partial charge in [-0.15, -0.1) is 0 Å². The van der Waals surface area contributed by atoms with Gasteiger partial charge in [0.1, 0.15) is 30.2 Å². The number of nitrogens with two attached hydrogens (primary N) is 1. The van der Waals surface area contributed by atoms with Crippen LogP contribution in [-0.4, -0.2) is 56.2 Å². The van der Waals surface area contributed by atoms with E-state index in [0.29, 0.717) is 29.6 Å². The summed E-state index contributed by atoms with van der Waals surface area (Å²) in [7, 11) is 0. The van der Waals surface area contributed by atoms with E-state index in [1.807, 2.05) is 18.4 Å². The van der Waals surface area contributed by atoms with Crippen molar-refractivity contribution in [1.82, 2.24) is 24.8 Å². The summed E-state index contributed by atoms with van der Waals surface area (Å²) in [6.45, 7) is 8.72. The van der Waals surface area contributed by atoms with Crippen LogP contribution in [0.4, 0.5) is 5.82 Å². The van der Waals surface area contributed by atoms with Crippen LogP contribution in [0.1, 0.15) is 33.9 Å². The van der Waals surface area contributed by atoms with Crippen LogP contribution in [0.3, 0.4) is 0 Å². The third-order valence-electron chi connectivity index (χ3n) is 4.51. The maximum Gasteiger partial charge on any atom is 0.167 e. The van der Waals surface area contributed by atoms with Crippen molar-refractivity contribution in [2.24, 2.45) is 0 Å². The van der Waals surface area contributed by atoms with Crippen LogP contribution >= 0.6 is 0 Å². The number of hydrogen-bond donors (Lipinski definition) is 2. The van der Waals surface area contributed by atoms with Gasteiger partial charge in [-0.25, -0.2) is 15.0 Å². The Hall–Kier alpha value is -1.81. The van der Waals surface area contributed by atoms with Crippen LogP contribution in [0.15, 0.2) is 12.7 Å². The molecule has 2 fully saturated rings. The standard InChI is InChI=1S/C16H24N6O3/c1-8(2)18-5-9-11-12(25-16(3,4)24-11)15(23-9)22-7-21-10-13(17)19-6-20-14(10)22/h6-9,11-12,15,18H,5H2,1-4H3,(H2,17,19,20)/t9-,11-,12-,15-/m1/s1. The Morgan fingerprint density at radius 3 is 2.76 bits per heavy atom. The SMILES string of the molecule is CC(C)NC[C@H]1O[C@@H](n2cnc3c(N)ncnc32)[C@@H]2OC(C)(C)O[C@@H]21. The fourth-order valence-corrected chi connectivity index (χ4v) is 3.46. The molecular weight excluding hydrogens is 324 g/mol. The Morgan fingerprint density at radius 2 is 2.00 bits per heavy atom. The highest BCUT2D eigenvalue weighted by molar-refractivity contribution is 5.81. The van der Waals surface area contributed by atoms with E-state index in [9.17, 15) is 0 Å². The zero-order chi connectivity index (χ0) is 17.8. The van der Waals surface area contributed by atoms with E-state index in [4.69, 9.17) is 19.9 Å². The van der Waals surface area contributed by atoms with Gasteiger partial charge in [0.25, 0.3) is 0 Å². The van der Waals surface area contributed by atoms with Gasteiger partial charge in [-0.2, -0.15) is 0 Å².